The summed E-state index contributed by atoms with van der Waals surface area (Å²) in [6.07, 6.45) is 1.21. The second-order valence-corrected chi connectivity index (χ2v) is 6.51. The molecule has 0 radical (unpaired) electrons. The first-order valence-electron chi connectivity index (χ1n) is 8.38. The van der Waals surface area contributed by atoms with Crippen LogP contribution in [0.3, 0.4) is 0 Å². The molecule has 1 aromatic rings. The zero-order valence-corrected chi connectivity index (χ0v) is 13.5. The van der Waals surface area contributed by atoms with E-state index in [9.17, 15) is 19.2 Å². The lowest BCUT2D eigenvalue weighted by atomic mass is 10.0. The third-order valence-corrected chi connectivity index (χ3v) is 4.89. The van der Waals surface area contributed by atoms with E-state index in [1.54, 1.807) is 18.2 Å². The second-order valence-electron chi connectivity index (χ2n) is 6.51. The van der Waals surface area contributed by atoms with Gasteiger partial charge < -0.3 is 10.6 Å². The number of imide groups is 2. The Hall–Kier alpha value is -2.74. The summed E-state index contributed by atoms with van der Waals surface area (Å²) in [4.78, 5) is 50.0. The normalized spacial score (nSPS) is 26.0. The molecule has 3 N–H and O–H groups in total. The molecule has 3 aliphatic heterocycles. The summed E-state index contributed by atoms with van der Waals surface area (Å²) >= 11 is 0. The number of nitrogens with zero attached hydrogens (tertiary/aromatic N) is 1. The smallest absolute Gasteiger partial charge is 0.264 e. The molecule has 3 heterocycles. The molecular formula is C17H18N4O4. The van der Waals surface area contributed by atoms with Gasteiger partial charge in [-0.2, -0.15) is 0 Å². The maximum atomic E-state index is 12.9. The fourth-order valence-electron chi connectivity index (χ4n) is 3.63. The molecule has 2 atom stereocenters. The van der Waals surface area contributed by atoms with Crippen molar-refractivity contribution >= 4 is 29.3 Å². The van der Waals surface area contributed by atoms with E-state index in [0.29, 0.717) is 16.8 Å². The van der Waals surface area contributed by atoms with Gasteiger partial charge in [-0.25, -0.2) is 0 Å². The Labute approximate surface area is 143 Å². The quantitative estimate of drug-likeness (QED) is 0.660. The van der Waals surface area contributed by atoms with Crippen LogP contribution in [-0.2, 0) is 9.59 Å². The molecule has 4 amide bonds. The number of nitrogens with one attached hydrogen (secondary N) is 3. The first-order valence-corrected chi connectivity index (χ1v) is 8.38. The summed E-state index contributed by atoms with van der Waals surface area (Å²) in [6, 6.07) is 4.35. The van der Waals surface area contributed by atoms with Gasteiger partial charge in [0, 0.05) is 24.7 Å². The number of carbonyl (C=O) groups excluding carboxylic acids is 4. The van der Waals surface area contributed by atoms with Gasteiger partial charge in [0.25, 0.3) is 11.8 Å². The van der Waals surface area contributed by atoms with Crippen LogP contribution >= 0.6 is 0 Å². The summed E-state index contributed by atoms with van der Waals surface area (Å²) in [5.41, 5.74) is 1.22. The summed E-state index contributed by atoms with van der Waals surface area (Å²) in [6.45, 7) is 1.70. The van der Waals surface area contributed by atoms with Crippen molar-refractivity contribution in [3.63, 3.8) is 0 Å². The van der Waals surface area contributed by atoms with Crippen molar-refractivity contribution in [2.24, 2.45) is 0 Å². The molecule has 25 heavy (non-hydrogen) atoms. The van der Waals surface area contributed by atoms with E-state index in [2.05, 4.69) is 16.0 Å². The number of hydrogen-bond acceptors (Lipinski definition) is 6. The molecule has 0 aromatic heterocycles. The van der Waals surface area contributed by atoms with E-state index in [-0.39, 0.29) is 24.8 Å². The van der Waals surface area contributed by atoms with E-state index < -0.39 is 23.8 Å². The lowest BCUT2D eigenvalue weighted by Gasteiger charge is -2.27. The number of hydrogen-bond donors (Lipinski definition) is 3. The molecule has 8 nitrogen and oxygen atoms in total. The third kappa shape index (κ3) is 2.58. The Morgan fingerprint density at radius 1 is 1.08 bits per heavy atom. The largest absolute Gasteiger partial charge is 0.380 e. The fourth-order valence-corrected chi connectivity index (χ4v) is 3.63. The molecule has 1 unspecified atom stereocenters. The molecular weight excluding hydrogens is 324 g/mol. The standard InChI is InChI=1S/C17H18N4O4/c22-13-5-4-12(15(23)20-13)21-16(24)10-2-1-3-11(14(10)17(21)25)19-9-6-7-18-8-9/h1-3,9,12,18-19H,4-8H2,(H,20,22,23)/t9-,12?/m0/s1. The van der Waals surface area contributed by atoms with Crippen LogP contribution < -0.4 is 16.0 Å². The van der Waals surface area contributed by atoms with E-state index in [4.69, 9.17) is 0 Å². The molecule has 130 valence electrons. The van der Waals surface area contributed by atoms with Crippen molar-refractivity contribution in [1.29, 1.82) is 0 Å². The number of piperidine rings is 1. The Bertz CT molecular complexity index is 785. The number of benzene rings is 1. The van der Waals surface area contributed by atoms with Crippen LogP contribution in [0.1, 0.15) is 40.0 Å². The molecule has 0 spiro atoms. The number of amides is 4. The molecule has 3 aliphatic rings. The van der Waals surface area contributed by atoms with Crippen LogP contribution in [0.4, 0.5) is 5.69 Å². The Morgan fingerprint density at radius 3 is 2.64 bits per heavy atom. The molecule has 0 bridgehead atoms. The third-order valence-electron chi connectivity index (χ3n) is 4.89. The summed E-state index contributed by atoms with van der Waals surface area (Å²) < 4.78 is 0. The number of fused-ring (bicyclic) bond motifs is 1. The predicted octanol–water partition coefficient (Wildman–Crippen LogP) is -0.138. The van der Waals surface area contributed by atoms with Crippen molar-refractivity contribution in [1.82, 2.24) is 15.5 Å². The van der Waals surface area contributed by atoms with E-state index >= 15 is 0 Å². The van der Waals surface area contributed by atoms with E-state index in [1.807, 2.05) is 0 Å². The molecule has 0 saturated carbocycles. The summed E-state index contributed by atoms with van der Waals surface area (Å²) in [5, 5.41) is 8.76. The van der Waals surface area contributed by atoms with Gasteiger partial charge in [0.15, 0.2) is 0 Å². The second kappa shape index (κ2) is 5.96. The summed E-state index contributed by atoms with van der Waals surface area (Å²) in [5.74, 6) is -1.94. The first-order chi connectivity index (χ1) is 12.1. The van der Waals surface area contributed by atoms with Crippen LogP contribution in [0.25, 0.3) is 0 Å². The van der Waals surface area contributed by atoms with Crippen molar-refractivity contribution in [2.75, 3.05) is 18.4 Å². The van der Waals surface area contributed by atoms with Gasteiger partial charge in [0.05, 0.1) is 11.1 Å². The van der Waals surface area contributed by atoms with Gasteiger partial charge in [-0.1, -0.05) is 6.07 Å². The predicted molar refractivity (Wildman–Crippen MR) is 88.0 cm³/mol. The minimum Gasteiger partial charge on any atom is -0.380 e. The Morgan fingerprint density at radius 2 is 1.92 bits per heavy atom. The lowest BCUT2D eigenvalue weighted by Crippen LogP contribution is -2.54. The van der Waals surface area contributed by atoms with Gasteiger partial charge in [-0.05, 0) is 31.5 Å². The van der Waals surface area contributed by atoms with Crippen molar-refractivity contribution < 1.29 is 19.2 Å². The van der Waals surface area contributed by atoms with Crippen LogP contribution in [0.2, 0.25) is 0 Å². The van der Waals surface area contributed by atoms with Crippen LogP contribution in [0.5, 0.6) is 0 Å². The zero-order valence-electron chi connectivity index (χ0n) is 13.5. The SMILES string of the molecule is O=C1CCC(N2C(=O)c3cccc(N[C@H]4CCNC4)c3C2=O)C(=O)N1. The first kappa shape index (κ1) is 15.8. The van der Waals surface area contributed by atoms with Crippen LogP contribution in [0.15, 0.2) is 18.2 Å². The van der Waals surface area contributed by atoms with Gasteiger partial charge in [-0.15, -0.1) is 0 Å². The maximum absolute atomic E-state index is 12.9. The minimum atomic E-state index is -0.939. The van der Waals surface area contributed by atoms with Gasteiger partial charge in [-0.3, -0.25) is 29.4 Å². The molecule has 8 heteroatoms. The topological polar surface area (TPSA) is 108 Å². The molecule has 2 fully saturated rings. The monoisotopic (exact) mass is 342 g/mol. The average molecular weight is 342 g/mol. The van der Waals surface area contributed by atoms with Gasteiger partial charge in [0.1, 0.15) is 6.04 Å². The zero-order chi connectivity index (χ0) is 17.6. The van der Waals surface area contributed by atoms with Crippen LogP contribution in [0, 0.1) is 0 Å². The van der Waals surface area contributed by atoms with E-state index in [1.165, 1.54) is 0 Å². The van der Waals surface area contributed by atoms with Crippen molar-refractivity contribution in [2.45, 2.75) is 31.3 Å². The fraction of sp³-hybridized carbons (Fsp3) is 0.412. The highest BCUT2D eigenvalue weighted by molar-refractivity contribution is 6.25. The number of carbonyl (C=O) groups is 4. The van der Waals surface area contributed by atoms with Gasteiger partial charge >= 0.3 is 0 Å². The highest BCUT2D eigenvalue weighted by Crippen LogP contribution is 2.32. The van der Waals surface area contributed by atoms with Crippen molar-refractivity contribution in [3.8, 4) is 0 Å². The minimum absolute atomic E-state index is 0.114. The molecule has 0 aliphatic carbocycles. The van der Waals surface area contributed by atoms with Crippen molar-refractivity contribution in [3.05, 3.63) is 29.3 Å². The number of rotatable bonds is 3. The maximum Gasteiger partial charge on any atom is 0.264 e. The Balaban J connectivity index is 1.65. The van der Waals surface area contributed by atoms with Crippen LogP contribution in [-0.4, -0.2) is 53.7 Å². The lowest BCUT2D eigenvalue weighted by molar-refractivity contribution is -0.136. The summed E-state index contributed by atoms with van der Waals surface area (Å²) in [7, 11) is 0. The Kier molecular flexibility index (Phi) is 3.76. The highest BCUT2D eigenvalue weighted by atomic mass is 16.2. The average Bonchev–Trinajstić information content (AvgIpc) is 3.17. The number of anilines is 1. The van der Waals surface area contributed by atoms with Gasteiger partial charge in [0.2, 0.25) is 11.8 Å². The van der Waals surface area contributed by atoms with E-state index in [0.717, 1.165) is 24.4 Å². The molecule has 2 saturated heterocycles. The molecule has 4 rings (SSSR count). The highest BCUT2D eigenvalue weighted by Gasteiger charge is 2.45. The molecule has 1 aromatic carbocycles.